The van der Waals surface area contributed by atoms with Gasteiger partial charge in [0.1, 0.15) is 11.6 Å². The second kappa shape index (κ2) is 7.95. The third kappa shape index (κ3) is 4.23. The van der Waals surface area contributed by atoms with Gasteiger partial charge in [0.15, 0.2) is 6.61 Å². The Morgan fingerprint density at radius 1 is 1.21 bits per heavy atom. The van der Waals surface area contributed by atoms with Gasteiger partial charge in [-0.3, -0.25) is 9.59 Å². The van der Waals surface area contributed by atoms with Crippen molar-refractivity contribution in [3.63, 3.8) is 0 Å². The first-order valence-corrected chi connectivity index (χ1v) is 9.79. The smallest absolute Gasteiger partial charge is 0.258 e. The van der Waals surface area contributed by atoms with Crippen molar-refractivity contribution in [2.24, 2.45) is 5.92 Å². The summed E-state index contributed by atoms with van der Waals surface area (Å²) >= 11 is 0. The van der Waals surface area contributed by atoms with Crippen molar-refractivity contribution in [2.45, 2.75) is 32.7 Å². The van der Waals surface area contributed by atoms with Gasteiger partial charge in [0, 0.05) is 12.1 Å². The molecule has 0 spiro atoms. The number of aromatic amines is 1. The quantitative estimate of drug-likeness (QED) is 0.599. The van der Waals surface area contributed by atoms with E-state index in [1.54, 1.807) is 6.07 Å². The standard InChI is InChI=1S/C22H24N4O3/c1-13(2)21(22-24-17-5-3-4-6-18(17)25-22)26-20(28)12-29-15-8-9-16-14(11-15)7-10-19(27)23-16/h3-6,8-9,11,13,21H,7,10,12H2,1-2H3,(H,23,27)(H,24,25)(H,26,28). The number of carbonyl (C=O) groups excluding carboxylic acids is 2. The number of nitrogens with one attached hydrogen (secondary N) is 3. The predicted octanol–water partition coefficient (Wildman–Crippen LogP) is 3.34. The molecular weight excluding hydrogens is 368 g/mol. The summed E-state index contributed by atoms with van der Waals surface area (Å²) in [5, 5.41) is 5.85. The normalized spacial score (nSPS) is 14.4. The minimum absolute atomic E-state index is 0.0239. The number of rotatable bonds is 6. The van der Waals surface area contributed by atoms with Crippen LogP contribution in [0.2, 0.25) is 0 Å². The molecular formula is C22H24N4O3. The zero-order valence-corrected chi connectivity index (χ0v) is 16.5. The summed E-state index contributed by atoms with van der Waals surface area (Å²) in [6, 6.07) is 13.0. The highest BCUT2D eigenvalue weighted by molar-refractivity contribution is 5.94. The predicted molar refractivity (Wildman–Crippen MR) is 111 cm³/mol. The minimum Gasteiger partial charge on any atom is -0.484 e. The molecule has 2 heterocycles. The fraction of sp³-hybridized carbons (Fsp3) is 0.318. The molecule has 1 aliphatic rings. The number of hydrogen-bond donors (Lipinski definition) is 3. The molecule has 1 aliphatic heterocycles. The van der Waals surface area contributed by atoms with Crippen LogP contribution in [0.1, 0.15) is 37.7 Å². The maximum absolute atomic E-state index is 12.5. The van der Waals surface area contributed by atoms with E-state index in [0.29, 0.717) is 18.6 Å². The number of amides is 2. The van der Waals surface area contributed by atoms with Crippen molar-refractivity contribution in [3.05, 3.63) is 53.9 Å². The SMILES string of the molecule is CC(C)C(NC(=O)COc1ccc2c(c1)CCC(=O)N2)c1nc2ccccc2[nH]1. The number of aromatic nitrogens is 2. The summed E-state index contributed by atoms with van der Waals surface area (Å²) in [5.74, 6) is 1.32. The summed E-state index contributed by atoms with van der Waals surface area (Å²) < 4.78 is 5.68. The number of anilines is 1. The van der Waals surface area contributed by atoms with Crippen molar-refractivity contribution < 1.29 is 14.3 Å². The van der Waals surface area contributed by atoms with E-state index in [0.717, 1.165) is 28.1 Å². The van der Waals surface area contributed by atoms with Gasteiger partial charge in [-0.1, -0.05) is 26.0 Å². The lowest BCUT2D eigenvalue weighted by molar-refractivity contribution is -0.124. The molecule has 29 heavy (non-hydrogen) atoms. The van der Waals surface area contributed by atoms with E-state index in [4.69, 9.17) is 4.74 Å². The van der Waals surface area contributed by atoms with Gasteiger partial charge in [-0.25, -0.2) is 4.98 Å². The summed E-state index contributed by atoms with van der Waals surface area (Å²) in [6.45, 7) is 3.99. The van der Waals surface area contributed by atoms with E-state index in [1.807, 2.05) is 50.2 Å². The lowest BCUT2D eigenvalue weighted by Crippen LogP contribution is -2.35. The first kappa shape index (κ1) is 19.0. The molecule has 0 aliphatic carbocycles. The molecule has 7 nitrogen and oxygen atoms in total. The summed E-state index contributed by atoms with van der Waals surface area (Å²) in [7, 11) is 0. The number of para-hydroxylation sites is 2. The van der Waals surface area contributed by atoms with Crippen molar-refractivity contribution in [1.29, 1.82) is 0 Å². The Labute approximate surface area is 168 Å². The summed E-state index contributed by atoms with van der Waals surface area (Å²) in [5.41, 5.74) is 3.65. The molecule has 0 bridgehead atoms. The summed E-state index contributed by atoms with van der Waals surface area (Å²) in [6.07, 6.45) is 1.14. The zero-order valence-electron chi connectivity index (χ0n) is 16.5. The van der Waals surface area contributed by atoms with Crippen LogP contribution in [-0.4, -0.2) is 28.4 Å². The molecule has 3 N–H and O–H groups in total. The van der Waals surface area contributed by atoms with Crippen LogP contribution in [0.5, 0.6) is 5.75 Å². The minimum atomic E-state index is -0.239. The van der Waals surface area contributed by atoms with E-state index >= 15 is 0 Å². The van der Waals surface area contributed by atoms with Crippen molar-refractivity contribution in [2.75, 3.05) is 11.9 Å². The molecule has 0 saturated carbocycles. The molecule has 1 aromatic heterocycles. The second-order valence-electron chi connectivity index (χ2n) is 7.58. The maximum Gasteiger partial charge on any atom is 0.258 e. The highest BCUT2D eigenvalue weighted by Crippen LogP contribution is 2.27. The van der Waals surface area contributed by atoms with Crippen LogP contribution < -0.4 is 15.4 Å². The van der Waals surface area contributed by atoms with E-state index in [-0.39, 0.29) is 30.4 Å². The number of ether oxygens (including phenoxy) is 1. The van der Waals surface area contributed by atoms with Crippen molar-refractivity contribution >= 4 is 28.5 Å². The molecule has 2 aromatic carbocycles. The molecule has 1 unspecified atom stereocenters. The third-order valence-electron chi connectivity index (χ3n) is 5.03. The third-order valence-corrected chi connectivity index (χ3v) is 5.03. The Balaban J connectivity index is 1.40. The van der Waals surface area contributed by atoms with Gasteiger partial charge in [-0.2, -0.15) is 0 Å². The highest BCUT2D eigenvalue weighted by Gasteiger charge is 2.22. The van der Waals surface area contributed by atoms with Gasteiger partial charge in [-0.05, 0) is 48.2 Å². The Morgan fingerprint density at radius 2 is 2.03 bits per heavy atom. The number of fused-ring (bicyclic) bond motifs is 2. The Bertz CT molecular complexity index is 1020. The average molecular weight is 392 g/mol. The van der Waals surface area contributed by atoms with Gasteiger partial charge >= 0.3 is 0 Å². The molecule has 150 valence electrons. The highest BCUT2D eigenvalue weighted by atomic mass is 16.5. The first-order valence-electron chi connectivity index (χ1n) is 9.79. The second-order valence-corrected chi connectivity index (χ2v) is 7.58. The fourth-order valence-corrected chi connectivity index (χ4v) is 3.48. The largest absolute Gasteiger partial charge is 0.484 e. The molecule has 7 heteroatoms. The monoisotopic (exact) mass is 392 g/mol. The number of benzene rings is 2. The number of hydrogen-bond acceptors (Lipinski definition) is 4. The number of aryl methyl sites for hydroxylation is 1. The molecule has 0 radical (unpaired) electrons. The average Bonchev–Trinajstić information content (AvgIpc) is 3.14. The molecule has 2 amide bonds. The van der Waals surface area contributed by atoms with E-state index in [1.165, 1.54) is 0 Å². The fourth-order valence-electron chi connectivity index (χ4n) is 3.48. The molecule has 4 rings (SSSR count). The molecule has 0 saturated heterocycles. The van der Waals surface area contributed by atoms with E-state index in [2.05, 4.69) is 20.6 Å². The molecule has 1 atom stereocenters. The molecule has 0 fully saturated rings. The number of imidazole rings is 1. The lowest BCUT2D eigenvalue weighted by Gasteiger charge is -2.21. The Kier molecular flexibility index (Phi) is 5.20. The van der Waals surface area contributed by atoms with Gasteiger partial charge < -0.3 is 20.4 Å². The van der Waals surface area contributed by atoms with E-state index < -0.39 is 0 Å². The molecule has 3 aromatic rings. The van der Waals surface area contributed by atoms with Crippen LogP contribution in [0.25, 0.3) is 11.0 Å². The number of carbonyl (C=O) groups is 2. The Hall–Kier alpha value is -3.35. The van der Waals surface area contributed by atoms with Crippen molar-refractivity contribution in [1.82, 2.24) is 15.3 Å². The zero-order chi connectivity index (χ0) is 20.4. The number of H-pyrrole nitrogens is 1. The number of nitrogens with zero attached hydrogens (tertiary/aromatic N) is 1. The van der Waals surface area contributed by atoms with Gasteiger partial charge in [0.2, 0.25) is 5.91 Å². The lowest BCUT2D eigenvalue weighted by atomic mass is 10.0. The maximum atomic E-state index is 12.5. The van der Waals surface area contributed by atoms with Gasteiger partial charge in [-0.15, -0.1) is 0 Å². The summed E-state index contributed by atoms with van der Waals surface area (Å²) in [4.78, 5) is 31.9. The van der Waals surface area contributed by atoms with Crippen LogP contribution in [-0.2, 0) is 16.0 Å². The van der Waals surface area contributed by atoms with Gasteiger partial charge in [0.05, 0.1) is 17.1 Å². The van der Waals surface area contributed by atoms with Crippen LogP contribution in [0.4, 0.5) is 5.69 Å². The van der Waals surface area contributed by atoms with Crippen LogP contribution in [0.3, 0.4) is 0 Å². The van der Waals surface area contributed by atoms with Crippen LogP contribution in [0.15, 0.2) is 42.5 Å². The Morgan fingerprint density at radius 3 is 2.83 bits per heavy atom. The van der Waals surface area contributed by atoms with Crippen LogP contribution in [0, 0.1) is 5.92 Å². The van der Waals surface area contributed by atoms with Crippen LogP contribution >= 0.6 is 0 Å². The first-order chi connectivity index (χ1) is 14.0. The van der Waals surface area contributed by atoms with Crippen molar-refractivity contribution in [3.8, 4) is 5.75 Å². The van der Waals surface area contributed by atoms with E-state index in [9.17, 15) is 9.59 Å². The van der Waals surface area contributed by atoms with Gasteiger partial charge in [0.25, 0.3) is 5.91 Å². The topological polar surface area (TPSA) is 96.1 Å².